The molecule has 2 aliphatic rings. The number of hydrogen-bond donors (Lipinski definition) is 0. The van der Waals surface area contributed by atoms with Crippen LogP contribution in [-0.2, 0) is 4.74 Å². The molecule has 0 saturated carbocycles. The molecule has 0 bridgehead atoms. The zero-order valence-electron chi connectivity index (χ0n) is 13.4. The van der Waals surface area contributed by atoms with Gasteiger partial charge in [-0.2, -0.15) is 0 Å². The first-order valence-electron chi connectivity index (χ1n) is 8.11. The summed E-state index contributed by atoms with van der Waals surface area (Å²) in [5.41, 5.74) is 1.35. The Hall–Kier alpha value is -1.69. The van der Waals surface area contributed by atoms with Gasteiger partial charge >= 0.3 is 0 Å². The Morgan fingerprint density at radius 3 is 2.77 bits per heavy atom. The fraction of sp³-hybridized carbons (Fsp3) is 0.688. The molecule has 6 heteroatoms. The van der Waals surface area contributed by atoms with Crippen molar-refractivity contribution < 1.29 is 9.53 Å². The highest BCUT2D eigenvalue weighted by Crippen LogP contribution is 2.21. The van der Waals surface area contributed by atoms with Crippen molar-refractivity contribution >= 4 is 11.9 Å². The van der Waals surface area contributed by atoms with Gasteiger partial charge in [-0.15, -0.1) is 0 Å². The molecule has 0 aliphatic carbocycles. The van der Waals surface area contributed by atoms with Crippen LogP contribution in [0.2, 0.25) is 0 Å². The van der Waals surface area contributed by atoms with E-state index < -0.39 is 0 Å². The number of hydrogen-bond acceptors (Lipinski definition) is 5. The lowest BCUT2D eigenvalue weighted by atomic mass is 10.0. The van der Waals surface area contributed by atoms with Crippen molar-refractivity contribution in [3.05, 3.63) is 17.5 Å². The van der Waals surface area contributed by atoms with E-state index in [1.54, 1.807) is 6.07 Å². The van der Waals surface area contributed by atoms with E-state index in [1.165, 1.54) is 6.42 Å². The third-order valence-corrected chi connectivity index (χ3v) is 4.30. The molecule has 0 aromatic carbocycles. The second kappa shape index (κ2) is 6.60. The summed E-state index contributed by atoms with van der Waals surface area (Å²) in [6.07, 6.45) is 2.41. The third-order valence-electron chi connectivity index (χ3n) is 4.30. The molecule has 3 heterocycles. The van der Waals surface area contributed by atoms with Crippen molar-refractivity contribution in [2.24, 2.45) is 5.92 Å². The first kappa shape index (κ1) is 15.2. The molecule has 1 amide bonds. The maximum atomic E-state index is 12.6. The number of carbonyl (C=O) groups excluding carboxylic acids is 1. The number of aromatic nitrogens is 2. The predicted molar refractivity (Wildman–Crippen MR) is 84.1 cm³/mol. The molecule has 2 saturated heterocycles. The van der Waals surface area contributed by atoms with E-state index in [9.17, 15) is 4.79 Å². The lowest BCUT2D eigenvalue weighted by Crippen LogP contribution is -2.41. The summed E-state index contributed by atoms with van der Waals surface area (Å²) < 4.78 is 5.31. The molecule has 2 fully saturated rings. The summed E-state index contributed by atoms with van der Waals surface area (Å²) in [6.45, 7) is 8.60. The van der Waals surface area contributed by atoms with Crippen LogP contribution in [0.4, 0.5) is 5.95 Å². The number of ether oxygens (including phenoxy) is 1. The van der Waals surface area contributed by atoms with Crippen LogP contribution in [0.25, 0.3) is 0 Å². The SMILES string of the molecule is Cc1cc(C(=O)N2CCOCC2)nc(N2CCCC(C)C2)n1. The smallest absolute Gasteiger partial charge is 0.272 e. The molecular weight excluding hydrogens is 280 g/mol. The Morgan fingerprint density at radius 2 is 2.05 bits per heavy atom. The number of nitrogens with zero attached hydrogens (tertiary/aromatic N) is 4. The van der Waals surface area contributed by atoms with Crippen LogP contribution in [0, 0.1) is 12.8 Å². The number of piperidine rings is 1. The van der Waals surface area contributed by atoms with Gasteiger partial charge in [-0.3, -0.25) is 4.79 Å². The van der Waals surface area contributed by atoms with Crippen LogP contribution in [0.5, 0.6) is 0 Å². The number of amides is 1. The minimum absolute atomic E-state index is 0.0138. The van der Waals surface area contributed by atoms with Crippen molar-refractivity contribution in [3.63, 3.8) is 0 Å². The van der Waals surface area contributed by atoms with E-state index in [4.69, 9.17) is 4.74 Å². The van der Waals surface area contributed by atoms with E-state index in [0.717, 1.165) is 25.2 Å². The first-order valence-corrected chi connectivity index (χ1v) is 8.11. The van der Waals surface area contributed by atoms with Crippen LogP contribution in [0.3, 0.4) is 0 Å². The second-order valence-corrected chi connectivity index (χ2v) is 6.29. The van der Waals surface area contributed by atoms with E-state index in [1.807, 2.05) is 11.8 Å². The first-order chi connectivity index (χ1) is 10.6. The molecule has 1 atom stereocenters. The maximum Gasteiger partial charge on any atom is 0.272 e. The molecule has 0 spiro atoms. The molecule has 120 valence electrons. The Kier molecular flexibility index (Phi) is 4.57. The fourth-order valence-electron chi connectivity index (χ4n) is 3.10. The van der Waals surface area contributed by atoms with Gasteiger partial charge in [0.15, 0.2) is 0 Å². The van der Waals surface area contributed by atoms with Gasteiger partial charge in [-0.25, -0.2) is 9.97 Å². The average molecular weight is 304 g/mol. The van der Waals surface area contributed by atoms with Gasteiger partial charge in [-0.05, 0) is 31.7 Å². The van der Waals surface area contributed by atoms with Crippen LogP contribution in [0.15, 0.2) is 6.07 Å². The summed E-state index contributed by atoms with van der Waals surface area (Å²) in [5.74, 6) is 1.33. The third kappa shape index (κ3) is 3.38. The highest BCUT2D eigenvalue weighted by Gasteiger charge is 2.23. The molecule has 2 aliphatic heterocycles. The summed E-state index contributed by atoms with van der Waals surface area (Å²) in [4.78, 5) is 25.7. The van der Waals surface area contributed by atoms with E-state index in [-0.39, 0.29) is 5.91 Å². The average Bonchev–Trinajstić information content (AvgIpc) is 2.54. The van der Waals surface area contributed by atoms with Crippen LogP contribution >= 0.6 is 0 Å². The van der Waals surface area contributed by atoms with Gasteiger partial charge in [0.1, 0.15) is 5.69 Å². The highest BCUT2D eigenvalue weighted by molar-refractivity contribution is 5.92. The number of aryl methyl sites for hydroxylation is 1. The standard InChI is InChI=1S/C16H24N4O2/c1-12-4-3-5-20(11-12)16-17-13(2)10-14(18-16)15(21)19-6-8-22-9-7-19/h10,12H,3-9,11H2,1-2H3. The van der Waals surface area contributed by atoms with Crippen LogP contribution in [-0.4, -0.2) is 60.2 Å². The largest absolute Gasteiger partial charge is 0.378 e. The van der Waals surface area contributed by atoms with Crippen molar-refractivity contribution in [2.75, 3.05) is 44.3 Å². The van der Waals surface area contributed by atoms with Crippen LogP contribution in [0.1, 0.15) is 35.9 Å². The monoisotopic (exact) mass is 304 g/mol. The maximum absolute atomic E-state index is 12.6. The Labute approximate surface area is 131 Å². The van der Waals surface area contributed by atoms with Gasteiger partial charge in [0.2, 0.25) is 5.95 Å². The number of rotatable bonds is 2. The molecular formula is C16H24N4O2. The van der Waals surface area contributed by atoms with Gasteiger partial charge in [-0.1, -0.05) is 6.92 Å². The lowest BCUT2D eigenvalue weighted by molar-refractivity contribution is 0.0299. The highest BCUT2D eigenvalue weighted by atomic mass is 16.5. The molecule has 1 unspecified atom stereocenters. The summed E-state index contributed by atoms with van der Waals surface area (Å²) >= 11 is 0. The van der Waals surface area contributed by atoms with Gasteiger partial charge in [0.25, 0.3) is 5.91 Å². The summed E-state index contributed by atoms with van der Waals surface area (Å²) in [5, 5.41) is 0. The topological polar surface area (TPSA) is 58.6 Å². The Bertz CT molecular complexity index is 543. The number of carbonyl (C=O) groups is 1. The van der Waals surface area contributed by atoms with Gasteiger partial charge in [0.05, 0.1) is 13.2 Å². The minimum Gasteiger partial charge on any atom is -0.378 e. The lowest BCUT2D eigenvalue weighted by Gasteiger charge is -2.31. The minimum atomic E-state index is -0.0138. The predicted octanol–water partition coefficient (Wildman–Crippen LogP) is 1.49. The Balaban J connectivity index is 1.81. The molecule has 1 aromatic heterocycles. The van der Waals surface area contributed by atoms with Crippen molar-refractivity contribution in [3.8, 4) is 0 Å². The fourth-order valence-corrected chi connectivity index (χ4v) is 3.10. The van der Waals surface area contributed by atoms with Crippen molar-refractivity contribution in [1.29, 1.82) is 0 Å². The normalized spacial score (nSPS) is 22.7. The quantitative estimate of drug-likeness (QED) is 0.828. The molecule has 22 heavy (non-hydrogen) atoms. The number of morpholine rings is 1. The van der Waals surface area contributed by atoms with E-state index in [0.29, 0.717) is 43.9 Å². The molecule has 0 radical (unpaired) electrons. The van der Waals surface area contributed by atoms with E-state index in [2.05, 4.69) is 21.8 Å². The van der Waals surface area contributed by atoms with E-state index >= 15 is 0 Å². The second-order valence-electron chi connectivity index (χ2n) is 6.29. The van der Waals surface area contributed by atoms with Crippen molar-refractivity contribution in [2.45, 2.75) is 26.7 Å². The Morgan fingerprint density at radius 1 is 1.27 bits per heavy atom. The summed E-state index contributed by atoms with van der Waals surface area (Å²) in [6, 6.07) is 1.79. The van der Waals surface area contributed by atoms with Crippen LogP contribution < -0.4 is 4.90 Å². The van der Waals surface area contributed by atoms with Gasteiger partial charge < -0.3 is 14.5 Å². The van der Waals surface area contributed by atoms with Gasteiger partial charge in [0, 0.05) is 31.9 Å². The van der Waals surface area contributed by atoms with Crippen molar-refractivity contribution in [1.82, 2.24) is 14.9 Å². The summed E-state index contributed by atoms with van der Waals surface area (Å²) in [7, 11) is 0. The molecule has 0 N–H and O–H groups in total. The molecule has 1 aromatic rings. The molecule has 3 rings (SSSR count). The number of anilines is 1. The zero-order valence-corrected chi connectivity index (χ0v) is 13.4. The molecule has 6 nitrogen and oxygen atoms in total. The zero-order chi connectivity index (χ0) is 15.5.